The van der Waals surface area contributed by atoms with E-state index in [1.54, 1.807) is 7.11 Å². The van der Waals surface area contributed by atoms with E-state index < -0.39 is 5.41 Å². The number of nitrogens with zero attached hydrogens (tertiary/aromatic N) is 1. The summed E-state index contributed by atoms with van der Waals surface area (Å²) in [4.78, 5) is 15.8. The molecule has 2 unspecified atom stereocenters. The molecule has 0 N–H and O–H groups in total. The van der Waals surface area contributed by atoms with Gasteiger partial charge in [0, 0.05) is 11.3 Å². The summed E-state index contributed by atoms with van der Waals surface area (Å²) in [6, 6.07) is 23.8. The van der Waals surface area contributed by atoms with Gasteiger partial charge < -0.3 is 14.4 Å². The molecular formula is C24H21NO3. The lowest BCUT2D eigenvalue weighted by molar-refractivity contribution is -0.123. The van der Waals surface area contributed by atoms with Gasteiger partial charge in [-0.1, -0.05) is 48.5 Å². The SMILES string of the molecule is COc1ccc(CN2C(=O)C3(c4ccccc4OC3C)c3ccccc32)cc1. The van der Waals surface area contributed by atoms with Gasteiger partial charge in [0.05, 0.1) is 13.7 Å². The monoisotopic (exact) mass is 371 g/mol. The van der Waals surface area contributed by atoms with Crippen LogP contribution in [0.1, 0.15) is 23.6 Å². The molecule has 3 aromatic rings. The first-order valence-corrected chi connectivity index (χ1v) is 9.47. The third-order valence-electron chi connectivity index (χ3n) is 5.93. The van der Waals surface area contributed by atoms with Gasteiger partial charge in [0.25, 0.3) is 0 Å². The Hall–Kier alpha value is -3.27. The highest BCUT2D eigenvalue weighted by Gasteiger charge is 2.60. The van der Waals surface area contributed by atoms with E-state index in [0.717, 1.165) is 33.9 Å². The van der Waals surface area contributed by atoms with E-state index in [9.17, 15) is 4.79 Å². The molecule has 0 saturated carbocycles. The summed E-state index contributed by atoms with van der Waals surface area (Å²) in [6.07, 6.45) is -0.264. The molecule has 2 aliphatic rings. The fraction of sp³-hybridized carbons (Fsp3) is 0.208. The summed E-state index contributed by atoms with van der Waals surface area (Å²) in [6.45, 7) is 2.50. The van der Waals surface area contributed by atoms with Crippen molar-refractivity contribution in [3.63, 3.8) is 0 Å². The van der Waals surface area contributed by atoms with Crippen LogP contribution in [0.3, 0.4) is 0 Å². The van der Waals surface area contributed by atoms with E-state index in [4.69, 9.17) is 9.47 Å². The van der Waals surface area contributed by atoms with Crippen LogP contribution < -0.4 is 14.4 Å². The fourth-order valence-corrected chi connectivity index (χ4v) is 4.60. The minimum Gasteiger partial charge on any atom is -0.497 e. The molecule has 4 nitrogen and oxygen atoms in total. The molecule has 1 spiro atoms. The number of para-hydroxylation sites is 2. The van der Waals surface area contributed by atoms with Gasteiger partial charge in [0.15, 0.2) is 0 Å². The van der Waals surface area contributed by atoms with E-state index >= 15 is 0 Å². The van der Waals surface area contributed by atoms with Gasteiger partial charge in [0.1, 0.15) is 23.0 Å². The second-order valence-corrected chi connectivity index (χ2v) is 7.32. The summed E-state index contributed by atoms with van der Waals surface area (Å²) in [7, 11) is 1.65. The van der Waals surface area contributed by atoms with Crippen molar-refractivity contribution in [3.8, 4) is 11.5 Å². The highest BCUT2D eigenvalue weighted by Crippen LogP contribution is 2.55. The first-order valence-electron chi connectivity index (χ1n) is 9.47. The maximum atomic E-state index is 13.9. The smallest absolute Gasteiger partial charge is 0.246 e. The highest BCUT2D eigenvalue weighted by molar-refractivity contribution is 6.11. The van der Waals surface area contributed by atoms with Crippen LogP contribution in [-0.2, 0) is 16.8 Å². The number of hydrogen-bond acceptors (Lipinski definition) is 3. The Morgan fingerprint density at radius 3 is 2.39 bits per heavy atom. The number of rotatable bonds is 3. The molecular weight excluding hydrogens is 350 g/mol. The quantitative estimate of drug-likeness (QED) is 0.689. The maximum absolute atomic E-state index is 13.9. The summed E-state index contributed by atoms with van der Waals surface area (Å²) < 4.78 is 11.4. The normalized spacial score (nSPS) is 22.1. The predicted octanol–water partition coefficient (Wildman–Crippen LogP) is 4.31. The largest absolute Gasteiger partial charge is 0.497 e. The van der Waals surface area contributed by atoms with Crippen molar-refractivity contribution in [1.82, 2.24) is 0 Å². The first-order chi connectivity index (χ1) is 13.7. The number of carbonyl (C=O) groups is 1. The average molecular weight is 371 g/mol. The number of carbonyl (C=O) groups excluding carboxylic acids is 1. The minimum atomic E-state index is -0.792. The van der Waals surface area contributed by atoms with Gasteiger partial charge in [-0.05, 0) is 42.3 Å². The third kappa shape index (κ3) is 2.15. The molecule has 3 aromatic carbocycles. The number of fused-ring (bicyclic) bond motifs is 4. The van der Waals surface area contributed by atoms with Gasteiger partial charge >= 0.3 is 0 Å². The zero-order chi connectivity index (χ0) is 19.3. The summed E-state index contributed by atoms with van der Waals surface area (Å²) >= 11 is 0. The molecule has 0 radical (unpaired) electrons. The Labute approximate surface area is 164 Å². The Balaban J connectivity index is 1.63. The third-order valence-corrected chi connectivity index (χ3v) is 5.93. The van der Waals surface area contributed by atoms with Gasteiger partial charge in [0.2, 0.25) is 5.91 Å². The molecule has 0 saturated heterocycles. The molecule has 140 valence electrons. The molecule has 0 fully saturated rings. The Morgan fingerprint density at radius 2 is 1.64 bits per heavy atom. The van der Waals surface area contributed by atoms with E-state index in [0.29, 0.717) is 6.54 Å². The lowest BCUT2D eigenvalue weighted by Gasteiger charge is -2.27. The van der Waals surface area contributed by atoms with Crippen molar-refractivity contribution in [3.05, 3.63) is 89.5 Å². The van der Waals surface area contributed by atoms with Crippen LogP contribution in [0.15, 0.2) is 72.8 Å². The summed E-state index contributed by atoms with van der Waals surface area (Å²) in [5, 5.41) is 0. The maximum Gasteiger partial charge on any atom is 0.246 e. The van der Waals surface area contributed by atoms with Crippen LogP contribution in [0, 0.1) is 0 Å². The molecule has 4 heteroatoms. The van der Waals surface area contributed by atoms with Crippen molar-refractivity contribution >= 4 is 11.6 Å². The second kappa shape index (κ2) is 6.13. The lowest BCUT2D eigenvalue weighted by atomic mass is 9.73. The molecule has 2 heterocycles. The number of hydrogen-bond donors (Lipinski definition) is 0. The second-order valence-electron chi connectivity index (χ2n) is 7.32. The average Bonchev–Trinajstić information content (AvgIpc) is 3.17. The highest BCUT2D eigenvalue weighted by atomic mass is 16.5. The minimum absolute atomic E-state index is 0.0713. The molecule has 0 bridgehead atoms. The van der Waals surface area contributed by atoms with E-state index in [1.165, 1.54) is 0 Å². The van der Waals surface area contributed by atoms with Crippen molar-refractivity contribution in [1.29, 1.82) is 0 Å². The van der Waals surface area contributed by atoms with Crippen molar-refractivity contribution < 1.29 is 14.3 Å². The molecule has 28 heavy (non-hydrogen) atoms. The molecule has 5 rings (SSSR count). The Kier molecular flexibility index (Phi) is 3.69. The zero-order valence-electron chi connectivity index (χ0n) is 15.9. The van der Waals surface area contributed by atoms with Crippen molar-refractivity contribution in [2.75, 3.05) is 12.0 Å². The number of methoxy groups -OCH3 is 1. The number of benzene rings is 3. The molecule has 0 aliphatic carbocycles. The summed E-state index contributed by atoms with van der Waals surface area (Å²) in [5.41, 5.74) is 3.19. The number of ether oxygens (including phenoxy) is 2. The lowest BCUT2D eigenvalue weighted by Crippen LogP contribution is -2.46. The Morgan fingerprint density at radius 1 is 0.964 bits per heavy atom. The first kappa shape index (κ1) is 16.9. The van der Waals surface area contributed by atoms with Crippen LogP contribution in [0.2, 0.25) is 0 Å². The van der Waals surface area contributed by atoms with Gasteiger partial charge in [-0.15, -0.1) is 0 Å². The fourth-order valence-electron chi connectivity index (χ4n) is 4.60. The zero-order valence-corrected chi connectivity index (χ0v) is 15.9. The van der Waals surface area contributed by atoms with Crippen LogP contribution in [0.25, 0.3) is 0 Å². The van der Waals surface area contributed by atoms with Gasteiger partial charge in [-0.25, -0.2) is 0 Å². The Bertz CT molecular complexity index is 1060. The summed E-state index contributed by atoms with van der Waals surface area (Å²) in [5.74, 6) is 1.67. The molecule has 2 atom stereocenters. The molecule has 2 aliphatic heterocycles. The van der Waals surface area contributed by atoms with Gasteiger partial charge in [-0.2, -0.15) is 0 Å². The van der Waals surface area contributed by atoms with Gasteiger partial charge in [-0.3, -0.25) is 4.79 Å². The van der Waals surface area contributed by atoms with Crippen molar-refractivity contribution in [2.24, 2.45) is 0 Å². The standard InChI is InChI=1S/C24H21NO3/c1-16-24(20-8-4-6-10-22(20)28-16)19-7-3-5-9-21(19)25(23(24)26)15-17-11-13-18(27-2)14-12-17/h3-14,16H,15H2,1-2H3. The molecule has 0 aromatic heterocycles. The number of anilines is 1. The van der Waals surface area contributed by atoms with Crippen LogP contribution >= 0.6 is 0 Å². The molecule has 1 amide bonds. The van der Waals surface area contributed by atoms with Crippen LogP contribution in [0.4, 0.5) is 5.69 Å². The van der Waals surface area contributed by atoms with E-state index in [-0.39, 0.29) is 12.0 Å². The van der Waals surface area contributed by atoms with E-state index in [1.807, 2.05) is 78.6 Å². The number of amides is 1. The van der Waals surface area contributed by atoms with E-state index in [2.05, 4.69) is 6.07 Å². The topological polar surface area (TPSA) is 38.8 Å². The predicted molar refractivity (Wildman–Crippen MR) is 108 cm³/mol. The van der Waals surface area contributed by atoms with Crippen LogP contribution in [0.5, 0.6) is 11.5 Å². The van der Waals surface area contributed by atoms with Crippen molar-refractivity contribution in [2.45, 2.75) is 25.0 Å². The van der Waals surface area contributed by atoms with Crippen LogP contribution in [-0.4, -0.2) is 19.1 Å².